The molecule has 10 aromatic rings. The van der Waals surface area contributed by atoms with Gasteiger partial charge in [0.15, 0.2) is 0 Å². The number of rotatable bonds is 5. The Kier molecular flexibility index (Phi) is 6.39. The van der Waals surface area contributed by atoms with Crippen LogP contribution >= 0.6 is 11.3 Å². The Bertz CT molecular complexity index is 2840. The Hall–Kier alpha value is -6.16. The molecule has 2 nitrogen and oxygen atoms in total. The molecule has 0 saturated heterocycles. The zero-order valence-corrected chi connectivity index (χ0v) is 27.3. The second kappa shape index (κ2) is 11.2. The van der Waals surface area contributed by atoms with Gasteiger partial charge in [0.25, 0.3) is 0 Å². The summed E-state index contributed by atoms with van der Waals surface area (Å²) in [7, 11) is 0. The van der Waals surface area contributed by atoms with Gasteiger partial charge in [-0.25, -0.2) is 0 Å². The van der Waals surface area contributed by atoms with Crippen molar-refractivity contribution in [3.63, 3.8) is 0 Å². The molecule has 8 aromatic carbocycles. The van der Waals surface area contributed by atoms with Gasteiger partial charge in [-0.3, -0.25) is 0 Å². The molecule has 0 atom stereocenters. The first-order valence-corrected chi connectivity index (χ1v) is 17.4. The van der Waals surface area contributed by atoms with Gasteiger partial charge in [-0.2, -0.15) is 0 Å². The van der Waals surface area contributed by atoms with Crippen molar-refractivity contribution in [2.75, 3.05) is 4.90 Å². The van der Waals surface area contributed by atoms with E-state index in [0.717, 1.165) is 39.0 Å². The van der Waals surface area contributed by atoms with E-state index in [1.807, 2.05) is 23.5 Å². The maximum absolute atomic E-state index is 6.37. The van der Waals surface area contributed by atoms with E-state index in [1.165, 1.54) is 53.2 Å². The molecule has 230 valence electrons. The number of benzene rings is 8. The number of nitrogens with zero attached hydrogens (tertiary/aromatic N) is 1. The van der Waals surface area contributed by atoms with Crippen LogP contribution < -0.4 is 4.90 Å². The number of anilines is 3. The summed E-state index contributed by atoms with van der Waals surface area (Å²) >= 11 is 1.86. The molecule has 0 saturated carbocycles. The average molecular weight is 644 g/mol. The van der Waals surface area contributed by atoms with Gasteiger partial charge in [-0.05, 0) is 93.7 Å². The first-order chi connectivity index (χ1) is 24.3. The van der Waals surface area contributed by atoms with Crippen LogP contribution in [0.15, 0.2) is 180 Å². The van der Waals surface area contributed by atoms with Crippen molar-refractivity contribution < 1.29 is 4.42 Å². The average Bonchev–Trinajstić information content (AvgIpc) is 3.74. The topological polar surface area (TPSA) is 16.4 Å². The monoisotopic (exact) mass is 643 g/mol. The molecule has 10 rings (SSSR count). The maximum Gasteiger partial charge on any atom is 0.137 e. The molecular weight excluding hydrogens is 615 g/mol. The molecule has 2 aromatic heterocycles. The highest BCUT2D eigenvalue weighted by molar-refractivity contribution is 7.25. The number of fused-ring (bicyclic) bond motifs is 7. The largest absolute Gasteiger partial charge is 0.456 e. The zero-order valence-electron chi connectivity index (χ0n) is 26.5. The molecule has 0 unspecified atom stereocenters. The van der Waals surface area contributed by atoms with Gasteiger partial charge in [0.1, 0.15) is 11.2 Å². The van der Waals surface area contributed by atoms with E-state index in [9.17, 15) is 0 Å². The molecule has 2 heterocycles. The van der Waals surface area contributed by atoms with Crippen LogP contribution in [0.3, 0.4) is 0 Å². The normalized spacial score (nSPS) is 11.7. The Labute approximate surface area is 287 Å². The quantitative estimate of drug-likeness (QED) is 0.186. The second-order valence-electron chi connectivity index (χ2n) is 12.5. The van der Waals surface area contributed by atoms with Crippen LogP contribution in [0, 0.1) is 0 Å². The van der Waals surface area contributed by atoms with Gasteiger partial charge in [0.2, 0.25) is 0 Å². The van der Waals surface area contributed by atoms with Crippen molar-refractivity contribution >= 4 is 81.3 Å². The Morgan fingerprint density at radius 3 is 2.02 bits per heavy atom. The lowest BCUT2D eigenvalue weighted by Crippen LogP contribution is -2.10. The Morgan fingerprint density at radius 1 is 0.408 bits per heavy atom. The second-order valence-corrected chi connectivity index (χ2v) is 13.6. The SMILES string of the molecule is c1cc(-c2ccc3ccccc3c2)cc(N(c2ccc(-c3cccc4sc5ccccc5c34)cc2)c2cccc3oc4ccccc4c23)c1. The molecule has 0 aliphatic rings. The molecule has 0 amide bonds. The molecule has 49 heavy (non-hydrogen) atoms. The highest BCUT2D eigenvalue weighted by Crippen LogP contribution is 2.45. The number of hydrogen-bond acceptors (Lipinski definition) is 3. The lowest BCUT2D eigenvalue weighted by atomic mass is 9.98. The van der Waals surface area contributed by atoms with Gasteiger partial charge in [-0.1, -0.05) is 115 Å². The molecule has 0 aliphatic heterocycles. The highest BCUT2D eigenvalue weighted by atomic mass is 32.1. The molecule has 0 aliphatic carbocycles. The minimum Gasteiger partial charge on any atom is -0.456 e. The van der Waals surface area contributed by atoms with Gasteiger partial charge < -0.3 is 9.32 Å². The standard InChI is InChI=1S/C46H29NOS/c1-2-11-32-28-34(23-22-30(32)10-1)33-12-7-13-36(29-33)47(40-17-9-19-42-46(40)38-14-3-5-18-41(38)48-42)35-26-24-31(25-27-35)37-16-8-21-44-45(37)39-15-4-6-20-43(39)49-44/h1-29H. The summed E-state index contributed by atoms with van der Waals surface area (Å²) in [6.45, 7) is 0. The van der Waals surface area contributed by atoms with Crippen LogP contribution in [0.25, 0.3) is 75.1 Å². The smallest absolute Gasteiger partial charge is 0.137 e. The lowest BCUT2D eigenvalue weighted by Gasteiger charge is -2.27. The molecule has 0 radical (unpaired) electrons. The number of para-hydroxylation sites is 1. The molecular formula is C46H29NOS. The first-order valence-electron chi connectivity index (χ1n) is 16.6. The van der Waals surface area contributed by atoms with Gasteiger partial charge in [0.05, 0.1) is 11.1 Å². The van der Waals surface area contributed by atoms with Crippen LogP contribution in [0.2, 0.25) is 0 Å². The van der Waals surface area contributed by atoms with Crippen molar-refractivity contribution in [2.45, 2.75) is 0 Å². The third-order valence-corrected chi connectivity index (χ3v) is 10.8. The van der Waals surface area contributed by atoms with E-state index in [-0.39, 0.29) is 0 Å². The van der Waals surface area contributed by atoms with Crippen molar-refractivity contribution in [1.29, 1.82) is 0 Å². The summed E-state index contributed by atoms with van der Waals surface area (Å²) in [4.78, 5) is 2.37. The summed E-state index contributed by atoms with van der Waals surface area (Å²) in [5, 5.41) is 7.33. The van der Waals surface area contributed by atoms with Gasteiger partial charge >= 0.3 is 0 Å². The zero-order chi connectivity index (χ0) is 32.3. The Balaban J connectivity index is 1.16. The van der Waals surface area contributed by atoms with Crippen LogP contribution in [-0.4, -0.2) is 0 Å². The van der Waals surface area contributed by atoms with Gasteiger partial charge in [0, 0.05) is 36.9 Å². The molecule has 0 bridgehead atoms. The summed E-state index contributed by atoms with van der Waals surface area (Å²) in [6.07, 6.45) is 0. The summed E-state index contributed by atoms with van der Waals surface area (Å²) in [6, 6.07) is 63.3. The fourth-order valence-corrected chi connectivity index (χ4v) is 8.50. The van der Waals surface area contributed by atoms with E-state index in [4.69, 9.17) is 4.42 Å². The maximum atomic E-state index is 6.37. The summed E-state index contributed by atoms with van der Waals surface area (Å²) in [5.41, 5.74) is 9.84. The van der Waals surface area contributed by atoms with Crippen molar-refractivity contribution in [2.24, 2.45) is 0 Å². The molecule has 3 heteroatoms. The van der Waals surface area contributed by atoms with Crippen LogP contribution in [0.5, 0.6) is 0 Å². The summed E-state index contributed by atoms with van der Waals surface area (Å²) in [5.74, 6) is 0. The van der Waals surface area contributed by atoms with E-state index < -0.39 is 0 Å². The van der Waals surface area contributed by atoms with E-state index in [0.29, 0.717) is 0 Å². The minimum absolute atomic E-state index is 0.877. The lowest BCUT2D eigenvalue weighted by molar-refractivity contribution is 0.669. The van der Waals surface area contributed by atoms with E-state index in [2.05, 4.69) is 169 Å². The van der Waals surface area contributed by atoms with Crippen molar-refractivity contribution in [3.05, 3.63) is 176 Å². The molecule has 0 N–H and O–H groups in total. The van der Waals surface area contributed by atoms with Crippen LogP contribution in [0.1, 0.15) is 0 Å². The van der Waals surface area contributed by atoms with E-state index >= 15 is 0 Å². The predicted molar refractivity (Wildman–Crippen MR) is 210 cm³/mol. The molecule has 0 fully saturated rings. The Morgan fingerprint density at radius 2 is 1.10 bits per heavy atom. The van der Waals surface area contributed by atoms with Crippen LogP contribution in [-0.2, 0) is 0 Å². The fraction of sp³-hybridized carbons (Fsp3) is 0. The third kappa shape index (κ3) is 4.62. The van der Waals surface area contributed by atoms with Crippen molar-refractivity contribution in [1.82, 2.24) is 0 Å². The minimum atomic E-state index is 0.877. The number of thiophene rings is 1. The van der Waals surface area contributed by atoms with Crippen LogP contribution in [0.4, 0.5) is 17.1 Å². The number of furan rings is 1. The van der Waals surface area contributed by atoms with Crippen molar-refractivity contribution in [3.8, 4) is 22.3 Å². The molecule has 0 spiro atoms. The van der Waals surface area contributed by atoms with E-state index in [1.54, 1.807) is 0 Å². The first kappa shape index (κ1) is 27.9. The number of hydrogen-bond donors (Lipinski definition) is 0. The van der Waals surface area contributed by atoms with Gasteiger partial charge in [-0.15, -0.1) is 11.3 Å². The highest BCUT2D eigenvalue weighted by Gasteiger charge is 2.20. The predicted octanol–water partition coefficient (Wildman–Crippen LogP) is 13.9. The summed E-state index contributed by atoms with van der Waals surface area (Å²) < 4.78 is 9.00. The third-order valence-electron chi connectivity index (χ3n) is 9.65. The fourth-order valence-electron chi connectivity index (χ4n) is 7.37.